The molecular formula is C17H25ClN4O. The molecular weight excluding hydrogens is 312 g/mol. The van der Waals surface area contributed by atoms with Gasteiger partial charge in [-0.2, -0.15) is 0 Å². The molecule has 23 heavy (non-hydrogen) atoms. The van der Waals surface area contributed by atoms with E-state index in [0.717, 1.165) is 36.4 Å². The van der Waals surface area contributed by atoms with Crippen LogP contribution < -0.4 is 11.3 Å². The summed E-state index contributed by atoms with van der Waals surface area (Å²) in [5.74, 6) is 0. The third-order valence-corrected chi connectivity index (χ3v) is 4.55. The molecule has 0 bridgehead atoms. The number of halogens is 1. The lowest BCUT2D eigenvalue weighted by atomic mass is 9.99. The number of pyridine rings is 1. The Hall–Kier alpha value is -1.43. The van der Waals surface area contributed by atoms with Crippen molar-refractivity contribution in [3.8, 4) is 0 Å². The number of aryl methyl sites for hydroxylation is 1. The quantitative estimate of drug-likeness (QED) is 0.929. The Kier molecular flexibility index (Phi) is 6.16. The van der Waals surface area contributed by atoms with Gasteiger partial charge in [-0.1, -0.05) is 12.5 Å². The van der Waals surface area contributed by atoms with Gasteiger partial charge < -0.3 is 5.73 Å². The van der Waals surface area contributed by atoms with E-state index in [9.17, 15) is 4.79 Å². The van der Waals surface area contributed by atoms with Crippen molar-refractivity contribution in [1.29, 1.82) is 0 Å². The smallest absolute Gasteiger partial charge is 0.258 e. The molecule has 3 heterocycles. The number of fused-ring (bicyclic) bond motifs is 1. The van der Waals surface area contributed by atoms with Crippen LogP contribution in [0.5, 0.6) is 0 Å². The molecule has 126 valence electrons. The average Bonchev–Trinajstić information content (AvgIpc) is 2.51. The number of nitrogens with zero attached hydrogens (tertiary/aromatic N) is 3. The van der Waals surface area contributed by atoms with Crippen molar-refractivity contribution in [2.24, 2.45) is 5.73 Å². The van der Waals surface area contributed by atoms with Crippen molar-refractivity contribution < 1.29 is 0 Å². The molecule has 0 saturated carbocycles. The highest BCUT2D eigenvalue weighted by molar-refractivity contribution is 5.85. The standard InChI is InChI=1S/C17H24N4O.ClH/c1-13-5-4-10-21-16(22)11-14(19-17(13)21)12-20-9-3-2-6-15(20)7-8-18;/h4-5,10-11,15H,2-3,6-9,12,18H2,1H3;1H. The van der Waals surface area contributed by atoms with E-state index in [1.165, 1.54) is 19.3 Å². The van der Waals surface area contributed by atoms with Crippen LogP contribution in [-0.4, -0.2) is 33.4 Å². The van der Waals surface area contributed by atoms with Crippen LogP contribution in [0, 0.1) is 6.92 Å². The Bertz CT molecular complexity index is 713. The largest absolute Gasteiger partial charge is 0.330 e. The van der Waals surface area contributed by atoms with Gasteiger partial charge in [-0.05, 0) is 50.9 Å². The fourth-order valence-corrected chi connectivity index (χ4v) is 3.39. The summed E-state index contributed by atoms with van der Waals surface area (Å²) in [7, 11) is 0. The van der Waals surface area contributed by atoms with Crippen molar-refractivity contribution in [2.75, 3.05) is 13.1 Å². The highest BCUT2D eigenvalue weighted by Crippen LogP contribution is 2.21. The lowest BCUT2D eigenvalue weighted by molar-refractivity contribution is 0.132. The average molecular weight is 337 g/mol. The number of piperidine rings is 1. The SMILES string of the molecule is Cc1cccn2c(=O)cc(CN3CCCCC3CCN)nc12.Cl. The molecule has 2 N–H and O–H groups in total. The summed E-state index contributed by atoms with van der Waals surface area (Å²) >= 11 is 0. The van der Waals surface area contributed by atoms with E-state index in [0.29, 0.717) is 12.6 Å². The number of nitrogens with two attached hydrogens (primary N) is 1. The predicted octanol–water partition coefficient (Wildman–Crippen LogP) is 2.13. The zero-order valence-corrected chi connectivity index (χ0v) is 14.4. The minimum absolute atomic E-state index is 0. The first-order valence-corrected chi connectivity index (χ1v) is 8.11. The summed E-state index contributed by atoms with van der Waals surface area (Å²) in [5, 5.41) is 0. The van der Waals surface area contributed by atoms with Crippen molar-refractivity contribution in [3.05, 3.63) is 46.0 Å². The Morgan fingerprint density at radius 1 is 1.39 bits per heavy atom. The summed E-state index contributed by atoms with van der Waals surface area (Å²) < 4.78 is 1.62. The van der Waals surface area contributed by atoms with Crippen molar-refractivity contribution >= 4 is 18.1 Å². The number of aromatic nitrogens is 2. The van der Waals surface area contributed by atoms with Gasteiger partial charge in [0.2, 0.25) is 0 Å². The minimum atomic E-state index is -0.00363. The van der Waals surface area contributed by atoms with Crippen molar-refractivity contribution in [1.82, 2.24) is 14.3 Å². The minimum Gasteiger partial charge on any atom is -0.330 e. The van der Waals surface area contributed by atoms with Crippen molar-refractivity contribution in [2.45, 2.75) is 45.2 Å². The third kappa shape index (κ3) is 3.91. The van der Waals surface area contributed by atoms with Crippen LogP contribution in [0.25, 0.3) is 5.65 Å². The van der Waals surface area contributed by atoms with Gasteiger partial charge in [-0.25, -0.2) is 4.98 Å². The fraction of sp³-hybridized carbons (Fsp3) is 0.529. The van der Waals surface area contributed by atoms with Gasteiger partial charge in [0.15, 0.2) is 0 Å². The molecule has 1 aliphatic heterocycles. The van der Waals surface area contributed by atoms with Gasteiger partial charge >= 0.3 is 0 Å². The molecule has 1 saturated heterocycles. The molecule has 0 radical (unpaired) electrons. The first kappa shape index (κ1) is 17.9. The number of likely N-dealkylation sites (tertiary alicyclic amines) is 1. The van der Waals surface area contributed by atoms with Crippen LogP contribution in [0.2, 0.25) is 0 Å². The van der Waals surface area contributed by atoms with E-state index in [1.807, 2.05) is 19.1 Å². The molecule has 1 aliphatic rings. The Labute approximate surface area is 142 Å². The van der Waals surface area contributed by atoms with Crippen LogP contribution in [0.4, 0.5) is 0 Å². The lowest BCUT2D eigenvalue weighted by Crippen LogP contribution is -2.40. The van der Waals surface area contributed by atoms with Crippen LogP contribution in [0.3, 0.4) is 0 Å². The van der Waals surface area contributed by atoms with E-state index in [4.69, 9.17) is 10.7 Å². The molecule has 2 aromatic rings. The molecule has 3 rings (SSSR count). The highest BCUT2D eigenvalue weighted by atomic mass is 35.5. The summed E-state index contributed by atoms with van der Waals surface area (Å²) in [5.41, 5.74) is 8.39. The van der Waals surface area contributed by atoms with Gasteiger partial charge in [-0.3, -0.25) is 14.1 Å². The maximum absolute atomic E-state index is 12.3. The maximum atomic E-state index is 12.3. The second kappa shape index (κ2) is 7.90. The first-order chi connectivity index (χ1) is 10.7. The molecule has 0 aliphatic carbocycles. The Balaban J connectivity index is 0.00000192. The van der Waals surface area contributed by atoms with E-state index in [-0.39, 0.29) is 18.0 Å². The normalized spacial score (nSPS) is 18.8. The molecule has 0 amide bonds. The molecule has 1 atom stereocenters. The molecule has 1 unspecified atom stereocenters. The summed E-state index contributed by atoms with van der Waals surface area (Å²) in [6, 6.07) is 6.06. The summed E-state index contributed by atoms with van der Waals surface area (Å²) in [6.45, 7) is 4.52. The molecule has 1 fully saturated rings. The van der Waals surface area contributed by atoms with Crippen LogP contribution in [0.1, 0.15) is 36.9 Å². The Morgan fingerprint density at radius 2 is 2.22 bits per heavy atom. The number of hydrogen-bond donors (Lipinski definition) is 1. The second-order valence-electron chi connectivity index (χ2n) is 6.17. The maximum Gasteiger partial charge on any atom is 0.258 e. The molecule has 2 aromatic heterocycles. The zero-order chi connectivity index (χ0) is 15.5. The van der Waals surface area contributed by atoms with Gasteiger partial charge in [0, 0.05) is 24.8 Å². The Morgan fingerprint density at radius 3 is 3.00 bits per heavy atom. The zero-order valence-electron chi connectivity index (χ0n) is 13.6. The predicted molar refractivity (Wildman–Crippen MR) is 95.2 cm³/mol. The highest BCUT2D eigenvalue weighted by Gasteiger charge is 2.22. The van der Waals surface area contributed by atoms with Gasteiger partial charge in [0.1, 0.15) is 5.65 Å². The lowest BCUT2D eigenvalue weighted by Gasteiger charge is -2.35. The van der Waals surface area contributed by atoms with E-state index in [2.05, 4.69) is 4.90 Å². The van der Waals surface area contributed by atoms with Crippen LogP contribution in [-0.2, 0) is 6.54 Å². The fourth-order valence-electron chi connectivity index (χ4n) is 3.39. The van der Waals surface area contributed by atoms with Crippen molar-refractivity contribution in [3.63, 3.8) is 0 Å². The van der Waals surface area contributed by atoms with Gasteiger partial charge in [0.25, 0.3) is 5.56 Å². The third-order valence-electron chi connectivity index (χ3n) is 4.55. The van der Waals surface area contributed by atoms with Gasteiger partial charge in [-0.15, -0.1) is 12.4 Å². The molecule has 0 aromatic carbocycles. The number of rotatable bonds is 4. The molecule has 0 spiro atoms. The van der Waals surface area contributed by atoms with E-state index >= 15 is 0 Å². The second-order valence-corrected chi connectivity index (χ2v) is 6.17. The number of hydrogen-bond acceptors (Lipinski definition) is 4. The topological polar surface area (TPSA) is 63.6 Å². The monoisotopic (exact) mass is 336 g/mol. The summed E-state index contributed by atoms with van der Waals surface area (Å²) in [6.07, 6.45) is 6.48. The van der Waals surface area contributed by atoms with E-state index in [1.54, 1.807) is 16.7 Å². The summed E-state index contributed by atoms with van der Waals surface area (Å²) in [4.78, 5) is 19.4. The van der Waals surface area contributed by atoms with Crippen LogP contribution >= 0.6 is 12.4 Å². The molecule has 5 nitrogen and oxygen atoms in total. The van der Waals surface area contributed by atoms with E-state index < -0.39 is 0 Å². The molecule has 6 heteroatoms. The van der Waals surface area contributed by atoms with Crippen LogP contribution in [0.15, 0.2) is 29.2 Å². The van der Waals surface area contributed by atoms with Gasteiger partial charge in [0.05, 0.1) is 5.69 Å². The first-order valence-electron chi connectivity index (χ1n) is 8.11.